The van der Waals surface area contributed by atoms with Crippen molar-refractivity contribution in [1.29, 1.82) is 0 Å². The second-order valence-electron chi connectivity index (χ2n) is 2.39. The summed E-state index contributed by atoms with van der Waals surface area (Å²) in [5, 5.41) is 2.47. The van der Waals surface area contributed by atoms with E-state index in [0.29, 0.717) is 13.2 Å². The van der Waals surface area contributed by atoms with Crippen molar-refractivity contribution < 1.29 is 17.9 Å². The third kappa shape index (κ3) is 7.25. The second-order valence-corrected chi connectivity index (χ2v) is 5.50. The molecule has 0 saturated carbocycles. The van der Waals surface area contributed by atoms with Gasteiger partial charge in [-0.2, -0.15) is 0 Å². The van der Waals surface area contributed by atoms with Gasteiger partial charge in [-0.3, -0.25) is 4.79 Å². The van der Waals surface area contributed by atoms with Gasteiger partial charge in [-0.05, 0) is 0 Å². The molecular formula is C6H13BrN2O4S. The minimum absolute atomic E-state index is 0.217. The third-order valence-electron chi connectivity index (χ3n) is 1.22. The molecule has 0 saturated heterocycles. The fourth-order valence-corrected chi connectivity index (χ4v) is 1.48. The third-order valence-corrected chi connectivity index (χ3v) is 3.90. The average molecular weight is 289 g/mol. The molecule has 0 fully saturated rings. The number of methoxy groups -OCH3 is 1. The Morgan fingerprint density at radius 1 is 1.50 bits per heavy atom. The van der Waals surface area contributed by atoms with E-state index in [9.17, 15) is 13.2 Å². The highest BCUT2D eigenvalue weighted by atomic mass is 79.9. The van der Waals surface area contributed by atoms with Crippen LogP contribution in [0.3, 0.4) is 0 Å². The van der Waals surface area contributed by atoms with E-state index in [4.69, 9.17) is 4.74 Å². The maximum absolute atomic E-state index is 11.0. The quantitative estimate of drug-likeness (QED) is 0.466. The molecule has 8 heteroatoms. The minimum Gasteiger partial charge on any atom is -0.383 e. The predicted molar refractivity (Wildman–Crippen MR) is 55.6 cm³/mol. The number of carbonyl (C=O) groups excluding carboxylic acids is 1. The van der Waals surface area contributed by atoms with E-state index in [1.807, 2.05) is 0 Å². The minimum atomic E-state index is -3.37. The number of sulfonamides is 1. The highest BCUT2D eigenvalue weighted by Crippen LogP contribution is 1.89. The van der Waals surface area contributed by atoms with Crippen molar-refractivity contribution >= 4 is 31.9 Å². The van der Waals surface area contributed by atoms with Crippen LogP contribution in [0.1, 0.15) is 0 Å². The largest absolute Gasteiger partial charge is 0.383 e. The lowest BCUT2D eigenvalue weighted by Gasteiger charge is -2.05. The molecule has 0 atom stereocenters. The summed E-state index contributed by atoms with van der Waals surface area (Å²) in [6.07, 6.45) is 0. The number of hydrogen-bond acceptors (Lipinski definition) is 4. The zero-order chi connectivity index (χ0) is 11.0. The Hall–Kier alpha value is -0.180. The summed E-state index contributed by atoms with van der Waals surface area (Å²) in [6, 6.07) is 0. The van der Waals surface area contributed by atoms with Gasteiger partial charge in [-0.25, -0.2) is 13.1 Å². The first-order valence-electron chi connectivity index (χ1n) is 3.81. The molecule has 0 heterocycles. The fraction of sp³-hybridized carbons (Fsp3) is 0.833. The van der Waals surface area contributed by atoms with Crippen molar-refractivity contribution in [2.75, 3.05) is 31.5 Å². The van der Waals surface area contributed by atoms with Gasteiger partial charge in [0.25, 0.3) is 0 Å². The Labute approximate surface area is 91.6 Å². The van der Waals surface area contributed by atoms with Gasteiger partial charge in [-0.15, -0.1) is 0 Å². The number of rotatable bonds is 7. The average Bonchev–Trinajstić information content (AvgIpc) is 2.16. The van der Waals surface area contributed by atoms with Crippen LogP contribution in [0.15, 0.2) is 0 Å². The summed E-state index contributed by atoms with van der Waals surface area (Å²) in [5.41, 5.74) is 0. The maximum atomic E-state index is 11.0. The van der Waals surface area contributed by atoms with Gasteiger partial charge in [0.2, 0.25) is 15.9 Å². The smallest absolute Gasteiger partial charge is 0.235 e. The molecule has 84 valence electrons. The Kier molecular flexibility index (Phi) is 7.06. The van der Waals surface area contributed by atoms with Crippen LogP contribution in [0, 0.1) is 0 Å². The van der Waals surface area contributed by atoms with Crippen LogP contribution in [-0.4, -0.2) is 45.8 Å². The van der Waals surface area contributed by atoms with Gasteiger partial charge in [0.15, 0.2) is 0 Å². The number of nitrogens with one attached hydrogen (secondary N) is 2. The van der Waals surface area contributed by atoms with Crippen molar-refractivity contribution in [3.8, 4) is 0 Å². The summed E-state index contributed by atoms with van der Waals surface area (Å²) in [6.45, 7) is 0.514. The van der Waals surface area contributed by atoms with E-state index in [-0.39, 0.29) is 17.1 Å². The molecular weight excluding hydrogens is 276 g/mol. The number of alkyl halides is 1. The van der Waals surface area contributed by atoms with E-state index in [2.05, 4.69) is 26.0 Å². The number of halogens is 1. The van der Waals surface area contributed by atoms with Crippen LogP contribution in [-0.2, 0) is 19.6 Å². The zero-order valence-corrected chi connectivity index (χ0v) is 10.2. The van der Waals surface area contributed by atoms with E-state index in [1.54, 1.807) is 0 Å². The summed E-state index contributed by atoms with van der Waals surface area (Å²) in [4.78, 5) is 11.0. The van der Waals surface area contributed by atoms with Gasteiger partial charge >= 0.3 is 0 Å². The van der Waals surface area contributed by atoms with Crippen LogP contribution >= 0.6 is 15.9 Å². The van der Waals surface area contributed by atoms with Crippen LogP contribution in [0.2, 0.25) is 0 Å². The lowest BCUT2D eigenvalue weighted by atomic mass is 10.6. The number of hydrogen-bond donors (Lipinski definition) is 2. The van der Waals surface area contributed by atoms with Crippen LogP contribution in [0.4, 0.5) is 0 Å². The second kappa shape index (κ2) is 7.16. The zero-order valence-electron chi connectivity index (χ0n) is 7.75. The van der Waals surface area contributed by atoms with Gasteiger partial charge in [-0.1, -0.05) is 15.9 Å². The molecule has 0 radical (unpaired) electrons. The van der Waals surface area contributed by atoms with Crippen LogP contribution in [0.5, 0.6) is 0 Å². The molecule has 0 aromatic carbocycles. The molecule has 6 nitrogen and oxygen atoms in total. The first kappa shape index (κ1) is 13.8. The first-order valence-corrected chi connectivity index (χ1v) is 6.58. The van der Waals surface area contributed by atoms with Gasteiger partial charge < -0.3 is 10.1 Å². The molecule has 1 amide bonds. The molecule has 0 unspecified atom stereocenters. The summed E-state index contributed by atoms with van der Waals surface area (Å²) < 4.78 is 28.3. The van der Waals surface area contributed by atoms with Gasteiger partial charge in [0.1, 0.15) is 4.66 Å². The number of amides is 1. The standard InChI is InChI=1S/C6H13BrN2O4S/c1-13-3-2-8-6(10)4-9-14(11,12)5-7/h9H,2-5H2,1H3,(H,8,10). The highest BCUT2D eigenvalue weighted by Gasteiger charge is 2.09. The molecule has 0 spiro atoms. The predicted octanol–water partition coefficient (Wildman–Crippen LogP) is -0.979. The Bertz CT molecular complexity index is 267. The van der Waals surface area contributed by atoms with E-state index < -0.39 is 10.0 Å². The summed E-state index contributed by atoms with van der Waals surface area (Å²) in [7, 11) is -1.86. The van der Waals surface area contributed by atoms with Crippen molar-refractivity contribution in [2.24, 2.45) is 0 Å². The van der Waals surface area contributed by atoms with E-state index in [1.165, 1.54) is 7.11 Å². The highest BCUT2D eigenvalue weighted by molar-refractivity contribution is 9.10. The van der Waals surface area contributed by atoms with Gasteiger partial charge in [0.05, 0.1) is 13.2 Å². The Morgan fingerprint density at radius 3 is 2.64 bits per heavy atom. The topological polar surface area (TPSA) is 84.5 Å². The Morgan fingerprint density at radius 2 is 2.14 bits per heavy atom. The van der Waals surface area contributed by atoms with Gasteiger partial charge in [0, 0.05) is 13.7 Å². The summed E-state index contributed by atoms with van der Waals surface area (Å²) in [5.74, 6) is -0.383. The van der Waals surface area contributed by atoms with Crippen molar-refractivity contribution in [3.63, 3.8) is 0 Å². The number of carbonyl (C=O) groups is 1. The monoisotopic (exact) mass is 288 g/mol. The van der Waals surface area contributed by atoms with Crippen LogP contribution in [0.25, 0.3) is 0 Å². The Balaban J connectivity index is 3.64. The molecule has 0 aromatic heterocycles. The van der Waals surface area contributed by atoms with Crippen molar-refractivity contribution in [3.05, 3.63) is 0 Å². The van der Waals surface area contributed by atoms with Crippen molar-refractivity contribution in [1.82, 2.24) is 10.0 Å². The lowest BCUT2D eigenvalue weighted by molar-refractivity contribution is -0.120. The van der Waals surface area contributed by atoms with E-state index >= 15 is 0 Å². The normalized spacial score (nSPS) is 11.3. The lowest BCUT2D eigenvalue weighted by Crippen LogP contribution is -2.38. The number of ether oxygens (including phenoxy) is 1. The SMILES string of the molecule is COCCNC(=O)CNS(=O)(=O)CBr. The molecule has 14 heavy (non-hydrogen) atoms. The van der Waals surface area contributed by atoms with Crippen molar-refractivity contribution in [2.45, 2.75) is 0 Å². The molecule has 0 aliphatic heterocycles. The molecule has 0 aromatic rings. The molecule has 0 bridgehead atoms. The van der Waals surface area contributed by atoms with E-state index in [0.717, 1.165) is 0 Å². The summed E-state index contributed by atoms with van der Waals surface area (Å²) >= 11 is 2.78. The molecule has 2 N–H and O–H groups in total. The van der Waals surface area contributed by atoms with Crippen LogP contribution < -0.4 is 10.0 Å². The first-order chi connectivity index (χ1) is 6.52. The molecule has 0 aliphatic carbocycles. The molecule has 0 aliphatic rings. The fourth-order valence-electron chi connectivity index (χ4n) is 0.569. The maximum Gasteiger partial charge on any atom is 0.235 e. The molecule has 0 rings (SSSR count).